The number of aliphatic hydroxyl groups is 1. The maximum absolute atomic E-state index is 13.1. The fraction of sp³-hybridized carbons (Fsp3) is 0.462. The molecule has 0 saturated carbocycles. The topological polar surface area (TPSA) is 75.4 Å². The molecule has 0 aliphatic rings. The summed E-state index contributed by atoms with van der Waals surface area (Å²) in [6.45, 7) is 3.43. The molecule has 0 saturated heterocycles. The highest BCUT2D eigenvalue weighted by Gasteiger charge is 2.20. The highest BCUT2D eigenvalue weighted by molar-refractivity contribution is 5.74. The minimum atomic E-state index is -1.01. The number of hydrogen-bond donors (Lipinski definition) is 3. The molecule has 0 aliphatic heterocycles. The summed E-state index contributed by atoms with van der Waals surface area (Å²) in [5.74, 6) is -2.41. The zero-order chi connectivity index (χ0) is 14.6. The first kappa shape index (κ1) is 15.5. The Kier molecular flexibility index (Phi) is 5.38. The second-order valence-electron chi connectivity index (χ2n) is 4.65. The molecule has 1 rings (SSSR count). The van der Waals surface area contributed by atoms with Crippen LogP contribution in [0.15, 0.2) is 18.2 Å². The average Bonchev–Trinajstić information content (AvgIpc) is 2.30. The minimum Gasteiger partial charge on any atom is -0.387 e. The number of carbonyl (C=O) groups excluding carboxylic acids is 1. The van der Waals surface area contributed by atoms with Crippen molar-refractivity contribution in [2.75, 3.05) is 0 Å². The number of nitrogens with two attached hydrogens (primary N) is 1. The Bertz CT molecular complexity index is 454. The minimum absolute atomic E-state index is 0.134. The highest BCUT2D eigenvalue weighted by atomic mass is 19.2. The van der Waals surface area contributed by atoms with Crippen LogP contribution in [0.5, 0.6) is 0 Å². The maximum atomic E-state index is 13.1. The summed E-state index contributed by atoms with van der Waals surface area (Å²) in [5.41, 5.74) is 5.33. The van der Waals surface area contributed by atoms with Crippen LogP contribution in [0.1, 0.15) is 31.9 Å². The number of amides is 1. The number of hydrogen-bond acceptors (Lipinski definition) is 3. The monoisotopic (exact) mass is 272 g/mol. The van der Waals surface area contributed by atoms with Crippen molar-refractivity contribution in [1.82, 2.24) is 5.32 Å². The zero-order valence-corrected chi connectivity index (χ0v) is 10.9. The van der Waals surface area contributed by atoms with E-state index in [4.69, 9.17) is 5.73 Å². The second kappa shape index (κ2) is 6.58. The third kappa shape index (κ3) is 4.57. The Hall–Kier alpha value is -1.53. The lowest BCUT2D eigenvalue weighted by molar-refractivity contribution is -0.118. The number of rotatable bonds is 6. The van der Waals surface area contributed by atoms with E-state index >= 15 is 0 Å². The molecule has 106 valence electrons. The van der Waals surface area contributed by atoms with Gasteiger partial charge in [0.1, 0.15) is 0 Å². The predicted molar refractivity (Wildman–Crippen MR) is 67.2 cm³/mol. The Morgan fingerprint density at radius 3 is 2.53 bits per heavy atom. The van der Waals surface area contributed by atoms with Crippen molar-refractivity contribution in [3.63, 3.8) is 0 Å². The number of nitrogens with one attached hydrogen (secondary N) is 1. The lowest BCUT2D eigenvalue weighted by atomic mass is 10.0. The van der Waals surface area contributed by atoms with E-state index in [2.05, 4.69) is 5.32 Å². The van der Waals surface area contributed by atoms with Crippen molar-refractivity contribution in [3.8, 4) is 0 Å². The van der Waals surface area contributed by atoms with Crippen molar-refractivity contribution >= 4 is 5.91 Å². The second-order valence-corrected chi connectivity index (χ2v) is 4.65. The van der Waals surface area contributed by atoms with Gasteiger partial charge in [-0.1, -0.05) is 6.07 Å². The Labute approximate surface area is 110 Å². The molecular weight excluding hydrogens is 254 g/mol. The van der Waals surface area contributed by atoms with Gasteiger partial charge in [0.25, 0.3) is 0 Å². The molecule has 1 aromatic rings. The number of halogens is 2. The van der Waals surface area contributed by atoms with Gasteiger partial charge >= 0.3 is 0 Å². The molecule has 0 heterocycles. The van der Waals surface area contributed by atoms with Gasteiger partial charge in [0, 0.05) is 18.5 Å². The molecule has 0 radical (unpaired) electrons. The van der Waals surface area contributed by atoms with Gasteiger partial charge in [-0.15, -0.1) is 0 Å². The fourth-order valence-corrected chi connectivity index (χ4v) is 1.89. The van der Waals surface area contributed by atoms with E-state index in [1.807, 2.05) is 0 Å². The maximum Gasteiger partial charge on any atom is 0.218 e. The van der Waals surface area contributed by atoms with Crippen molar-refractivity contribution < 1.29 is 18.7 Å². The summed E-state index contributed by atoms with van der Waals surface area (Å²) in [4.78, 5) is 10.7. The first-order valence-corrected chi connectivity index (χ1v) is 5.98. The number of primary amides is 1. The molecule has 6 heteroatoms. The normalized spacial score (nSPS) is 15.8. The SMILES string of the molecule is CC(CC(N)=O)NC(C)C(O)c1ccc(F)c(F)c1. The van der Waals surface area contributed by atoms with E-state index in [0.29, 0.717) is 0 Å². The van der Waals surface area contributed by atoms with Crippen LogP contribution in [0.4, 0.5) is 8.78 Å². The van der Waals surface area contributed by atoms with Crippen molar-refractivity contribution in [1.29, 1.82) is 0 Å². The summed E-state index contributed by atoms with van der Waals surface area (Å²) in [7, 11) is 0. The van der Waals surface area contributed by atoms with E-state index in [1.54, 1.807) is 13.8 Å². The summed E-state index contributed by atoms with van der Waals surface area (Å²) in [5, 5.41) is 13.0. The smallest absolute Gasteiger partial charge is 0.218 e. The van der Waals surface area contributed by atoms with Crippen LogP contribution in [0, 0.1) is 11.6 Å². The van der Waals surface area contributed by atoms with Crippen LogP contribution in [-0.2, 0) is 4.79 Å². The molecule has 4 nitrogen and oxygen atoms in total. The van der Waals surface area contributed by atoms with E-state index in [9.17, 15) is 18.7 Å². The highest BCUT2D eigenvalue weighted by Crippen LogP contribution is 2.19. The van der Waals surface area contributed by atoms with Gasteiger partial charge in [0.2, 0.25) is 5.91 Å². The van der Waals surface area contributed by atoms with E-state index in [0.717, 1.165) is 12.1 Å². The predicted octanol–water partition coefficient (Wildman–Crippen LogP) is 1.24. The van der Waals surface area contributed by atoms with Crippen LogP contribution in [-0.4, -0.2) is 23.1 Å². The zero-order valence-electron chi connectivity index (χ0n) is 10.9. The van der Waals surface area contributed by atoms with Crippen LogP contribution in [0.25, 0.3) is 0 Å². The van der Waals surface area contributed by atoms with E-state index in [1.165, 1.54) is 6.07 Å². The Morgan fingerprint density at radius 2 is 2.00 bits per heavy atom. The van der Waals surface area contributed by atoms with E-state index < -0.39 is 29.7 Å². The largest absolute Gasteiger partial charge is 0.387 e. The van der Waals surface area contributed by atoms with Crippen molar-refractivity contribution in [2.45, 2.75) is 38.5 Å². The molecule has 0 fully saturated rings. The molecule has 19 heavy (non-hydrogen) atoms. The molecule has 1 amide bonds. The quantitative estimate of drug-likeness (QED) is 0.729. The van der Waals surface area contributed by atoms with Gasteiger partial charge in [0.15, 0.2) is 11.6 Å². The number of benzene rings is 1. The molecule has 0 aliphatic carbocycles. The lowest BCUT2D eigenvalue weighted by Gasteiger charge is -2.24. The van der Waals surface area contributed by atoms with Gasteiger partial charge in [0.05, 0.1) is 6.10 Å². The summed E-state index contributed by atoms with van der Waals surface area (Å²) in [6, 6.07) is 2.59. The van der Waals surface area contributed by atoms with E-state index in [-0.39, 0.29) is 18.0 Å². The first-order valence-electron chi connectivity index (χ1n) is 5.98. The fourth-order valence-electron chi connectivity index (χ4n) is 1.89. The molecule has 1 aromatic carbocycles. The number of aliphatic hydroxyl groups excluding tert-OH is 1. The van der Waals surface area contributed by atoms with Crippen LogP contribution < -0.4 is 11.1 Å². The Morgan fingerprint density at radius 1 is 1.37 bits per heavy atom. The van der Waals surface area contributed by atoms with Gasteiger partial charge < -0.3 is 16.2 Å². The summed E-state index contributed by atoms with van der Waals surface area (Å²) >= 11 is 0. The van der Waals surface area contributed by atoms with Crippen molar-refractivity contribution in [3.05, 3.63) is 35.4 Å². The van der Waals surface area contributed by atoms with Crippen molar-refractivity contribution in [2.24, 2.45) is 5.73 Å². The lowest BCUT2D eigenvalue weighted by Crippen LogP contribution is -2.40. The third-order valence-electron chi connectivity index (χ3n) is 2.81. The molecule has 3 atom stereocenters. The summed E-state index contributed by atoms with van der Waals surface area (Å²) < 4.78 is 25.9. The molecule has 0 bridgehead atoms. The van der Waals surface area contributed by atoms with Gasteiger partial charge in [-0.3, -0.25) is 4.79 Å². The first-order chi connectivity index (χ1) is 8.81. The Balaban J connectivity index is 2.68. The van der Waals surface area contributed by atoms with Gasteiger partial charge in [-0.25, -0.2) is 8.78 Å². The van der Waals surface area contributed by atoms with Crippen LogP contribution in [0.2, 0.25) is 0 Å². The summed E-state index contributed by atoms with van der Waals surface area (Å²) in [6.07, 6.45) is -0.875. The van der Waals surface area contributed by atoms with Gasteiger partial charge in [-0.2, -0.15) is 0 Å². The van der Waals surface area contributed by atoms with Crippen LogP contribution >= 0.6 is 0 Å². The third-order valence-corrected chi connectivity index (χ3v) is 2.81. The molecule has 0 aromatic heterocycles. The van der Waals surface area contributed by atoms with Gasteiger partial charge in [-0.05, 0) is 31.5 Å². The molecule has 0 spiro atoms. The molecular formula is C13H18F2N2O2. The molecule has 3 unspecified atom stereocenters. The standard InChI is InChI=1S/C13H18F2N2O2/c1-7(5-12(16)18)17-8(2)13(19)9-3-4-10(14)11(15)6-9/h3-4,6-8,13,17,19H,5H2,1-2H3,(H2,16,18). The number of carbonyl (C=O) groups is 1. The molecule has 4 N–H and O–H groups in total. The van der Waals surface area contributed by atoms with Crippen LogP contribution in [0.3, 0.4) is 0 Å². The average molecular weight is 272 g/mol.